The van der Waals surface area contributed by atoms with E-state index in [9.17, 15) is 4.39 Å². The van der Waals surface area contributed by atoms with Crippen LogP contribution in [-0.4, -0.2) is 14.8 Å². The van der Waals surface area contributed by atoms with Gasteiger partial charge < -0.3 is 14.7 Å². The van der Waals surface area contributed by atoms with E-state index in [0.29, 0.717) is 0 Å². The van der Waals surface area contributed by atoms with Gasteiger partial charge in [0.05, 0.1) is 5.69 Å². The predicted octanol–water partition coefficient (Wildman–Crippen LogP) is 11.4. The zero-order valence-electron chi connectivity index (χ0n) is 37.1. The van der Waals surface area contributed by atoms with Crippen molar-refractivity contribution in [2.45, 2.75) is 58.9 Å². The Morgan fingerprint density at radius 2 is 0.905 bits per heavy atom. The summed E-state index contributed by atoms with van der Waals surface area (Å²) in [5, 5.41) is 4.28. The lowest BCUT2D eigenvalue weighted by atomic mass is 9.33. The largest absolute Gasteiger partial charge is 0.311 e. The first-order valence-electron chi connectivity index (χ1n) is 22.2. The van der Waals surface area contributed by atoms with E-state index in [4.69, 9.17) is 0 Å². The Morgan fingerprint density at radius 3 is 1.38 bits per heavy atom. The van der Waals surface area contributed by atoms with E-state index in [1.807, 2.05) is 12.1 Å². The van der Waals surface area contributed by atoms with E-state index in [2.05, 4.69) is 221 Å². The molecule has 3 aliphatic rings. The first kappa shape index (κ1) is 39.2. The van der Waals surface area contributed by atoms with Crippen LogP contribution in [0.1, 0.15) is 52.7 Å². The third-order valence-corrected chi connectivity index (χ3v) is 18.3. The summed E-state index contributed by atoms with van der Waals surface area (Å²) in [4.78, 5) is 7.40. The third kappa shape index (κ3) is 6.06. The fourth-order valence-corrected chi connectivity index (χ4v) is 14.9. The molecule has 0 aliphatic carbocycles. The Labute approximate surface area is 373 Å². The Balaban J connectivity index is 1.32. The maximum atomic E-state index is 15.0. The summed E-state index contributed by atoms with van der Waals surface area (Å²) in [5.41, 5.74) is 16.4. The topological polar surface area (TPSA) is 9.72 Å². The van der Waals surface area contributed by atoms with E-state index >= 15 is 0 Å². The van der Waals surface area contributed by atoms with Crippen LogP contribution in [0.3, 0.4) is 0 Å². The molecule has 0 saturated carbocycles. The highest BCUT2D eigenvalue weighted by molar-refractivity contribution is 7.21. The molecule has 63 heavy (non-hydrogen) atoms. The lowest BCUT2D eigenvalue weighted by Gasteiger charge is -2.51. The Bertz CT molecular complexity index is 3000. The number of anilines is 9. The third-order valence-electron chi connectivity index (χ3n) is 13.8. The van der Waals surface area contributed by atoms with Crippen LogP contribution in [0, 0.1) is 5.82 Å². The van der Waals surface area contributed by atoms with Gasteiger partial charge in [-0.3, -0.25) is 0 Å². The highest BCUT2D eigenvalue weighted by Crippen LogP contribution is 2.49. The number of para-hydroxylation sites is 2. The van der Waals surface area contributed by atoms with Crippen LogP contribution in [0.25, 0.3) is 0 Å². The van der Waals surface area contributed by atoms with Gasteiger partial charge in [0.2, 0.25) is 0 Å². The van der Waals surface area contributed by atoms with Crippen LogP contribution < -0.4 is 46.6 Å². The van der Waals surface area contributed by atoms with Crippen molar-refractivity contribution in [3.63, 3.8) is 0 Å². The molecule has 0 bridgehead atoms. The normalized spacial score (nSPS) is 15.9. The molecule has 0 spiro atoms. The summed E-state index contributed by atoms with van der Waals surface area (Å²) in [6, 6.07) is 65.9. The van der Waals surface area contributed by atoms with E-state index < -0.39 is 8.07 Å². The number of benzene rings is 8. The van der Waals surface area contributed by atoms with Crippen molar-refractivity contribution in [1.29, 1.82) is 0 Å². The van der Waals surface area contributed by atoms with Gasteiger partial charge in [0.25, 0.3) is 6.71 Å². The molecule has 1 unspecified atom stereocenters. The van der Waals surface area contributed by atoms with Crippen molar-refractivity contribution < 1.29 is 4.39 Å². The van der Waals surface area contributed by atoms with Crippen LogP contribution in [0.5, 0.6) is 0 Å². The average Bonchev–Trinajstić information content (AvgIpc) is 3.29. The average molecular weight is 836 g/mol. The second-order valence-electron chi connectivity index (χ2n) is 19.7. The number of nitrogens with zero attached hydrogens (tertiary/aromatic N) is 3. The SMILES string of the molecule is CC(C)(C)c1cc(N2c3cc(N(c4ccccc4)c4ccccc4)cc4c3B3c5c(cccc5[Si](C)(c5ccccc5)c5cccc2c53)N4c2ccc(F)cc2)cc(C(C)(C)C)c1. The molecular weight excluding hydrogens is 785 g/mol. The van der Waals surface area contributed by atoms with Crippen LogP contribution in [0.15, 0.2) is 182 Å². The number of rotatable bonds is 6. The molecule has 0 fully saturated rings. The van der Waals surface area contributed by atoms with Crippen molar-refractivity contribution in [3.8, 4) is 0 Å². The van der Waals surface area contributed by atoms with Gasteiger partial charge in [0.1, 0.15) is 13.9 Å². The fourth-order valence-electron chi connectivity index (χ4n) is 10.7. The van der Waals surface area contributed by atoms with Crippen molar-refractivity contribution >= 4 is 97.9 Å². The van der Waals surface area contributed by atoms with E-state index in [-0.39, 0.29) is 23.4 Å². The summed E-state index contributed by atoms with van der Waals surface area (Å²) in [7, 11) is -2.62. The lowest BCUT2D eigenvalue weighted by Crippen LogP contribution is -2.83. The van der Waals surface area contributed by atoms with Crippen molar-refractivity contribution in [2.24, 2.45) is 0 Å². The molecule has 0 N–H and O–H groups in total. The van der Waals surface area contributed by atoms with Gasteiger partial charge in [-0.2, -0.15) is 0 Å². The molecule has 3 aliphatic heterocycles. The van der Waals surface area contributed by atoms with Crippen molar-refractivity contribution in [1.82, 2.24) is 0 Å². The van der Waals surface area contributed by atoms with Gasteiger partial charge >= 0.3 is 0 Å². The molecule has 3 nitrogen and oxygen atoms in total. The predicted molar refractivity (Wildman–Crippen MR) is 269 cm³/mol. The Kier molecular flexibility index (Phi) is 8.84. The summed E-state index contributed by atoms with van der Waals surface area (Å²) in [5.74, 6) is -0.249. The van der Waals surface area contributed by atoms with Gasteiger partial charge in [0.15, 0.2) is 0 Å². The summed E-state index contributed by atoms with van der Waals surface area (Å²) >= 11 is 0. The highest BCUT2D eigenvalue weighted by atomic mass is 28.3. The van der Waals surface area contributed by atoms with Gasteiger partial charge in [0, 0.05) is 45.5 Å². The minimum atomic E-state index is -2.62. The second kappa shape index (κ2) is 14.2. The quantitative estimate of drug-likeness (QED) is 0.155. The molecular formula is C57H51BFN3Si. The standard InChI is InChI=1S/C57H51BFN3Si/c1-56(2,3)38-33-39(57(4,5)6)35-44(34-38)62-48-26-18-28-52-55(48)58-53-49(36-45(37-50(53)62)60(41-19-11-8-12-20-41)42-21-13-9-14-22-42)61(43-31-29-40(59)30-32-43)47-25-17-27-51(54(47)58)63(52,7)46-23-15-10-16-24-46/h8-37H,1-7H3. The van der Waals surface area contributed by atoms with E-state index in [1.165, 1.54) is 48.8 Å². The first-order valence-corrected chi connectivity index (χ1v) is 24.7. The van der Waals surface area contributed by atoms with Crippen LogP contribution >= 0.6 is 0 Å². The summed E-state index contributed by atoms with van der Waals surface area (Å²) in [6.45, 7) is 16.5. The molecule has 0 aromatic heterocycles. The van der Waals surface area contributed by atoms with Crippen LogP contribution in [-0.2, 0) is 10.8 Å². The minimum absolute atomic E-state index is 0.0199. The lowest BCUT2D eigenvalue weighted by molar-refractivity contribution is 0.569. The Hall–Kier alpha value is -6.63. The smallest absolute Gasteiger partial charge is 0.251 e. The van der Waals surface area contributed by atoms with Crippen LogP contribution in [0.4, 0.5) is 55.6 Å². The maximum absolute atomic E-state index is 15.0. The fraction of sp³-hybridized carbons (Fsp3) is 0.158. The summed E-state index contributed by atoms with van der Waals surface area (Å²) < 4.78 is 15.0. The van der Waals surface area contributed by atoms with Gasteiger partial charge in [-0.05, 0) is 128 Å². The minimum Gasteiger partial charge on any atom is -0.311 e. The number of hydrogen-bond donors (Lipinski definition) is 0. The molecule has 1 atom stereocenters. The monoisotopic (exact) mass is 835 g/mol. The number of halogens is 1. The number of hydrogen-bond acceptors (Lipinski definition) is 3. The van der Waals surface area contributed by atoms with Gasteiger partial charge in [-0.25, -0.2) is 4.39 Å². The second-order valence-corrected chi connectivity index (χ2v) is 23.6. The zero-order chi connectivity index (χ0) is 43.4. The molecule has 0 radical (unpaired) electrons. The molecule has 3 heterocycles. The van der Waals surface area contributed by atoms with Crippen LogP contribution in [0.2, 0.25) is 6.55 Å². The molecule has 0 amide bonds. The molecule has 6 heteroatoms. The summed E-state index contributed by atoms with van der Waals surface area (Å²) in [6.07, 6.45) is 0. The van der Waals surface area contributed by atoms with E-state index in [0.717, 1.165) is 45.5 Å². The zero-order valence-corrected chi connectivity index (χ0v) is 38.1. The van der Waals surface area contributed by atoms with Crippen molar-refractivity contribution in [2.75, 3.05) is 14.7 Å². The van der Waals surface area contributed by atoms with Gasteiger partial charge in [-0.15, -0.1) is 0 Å². The molecule has 11 rings (SSSR count). The highest BCUT2D eigenvalue weighted by Gasteiger charge is 2.54. The van der Waals surface area contributed by atoms with E-state index in [1.54, 1.807) is 12.1 Å². The van der Waals surface area contributed by atoms with Gasteiger partial charge in [-0.1, -0.05) is 156 Å². The molecule has 8 aromatic carbocycles. The maximum Gasteiger partial charge on any atom is 0.251 e. The van der Waals surface area contributed by atoms with Crippen molar-refractivity contribution in [3.05, 3.63) is 199 Å². The molecule has 8 aromatic rings. The Morgan fingerprint density at radius 1 is 0.444 bits per heavy atom. The molecule has 308 valence electrons. The first-order chi connectivity index (χ1) is 30.3. The molecule has 0 saturated heterocycles.